The maximum absolute atomic E-state index is 11.8. The van der Waals surface area contributed by atoms with Gasteiger partial charge in [-0.3, -0.25) is 4.79 Å². The summed E-state index contributed by atoms with van der Waals surface area (Å²) < 4.78 is 0. The number of hydrogen-bond donors (Lipinski definition) is 2. The van der Waals surface area contributed by atoms with Crippen LogP contribution < -0.4 is 10.9 Å². The molecule has 0 fully saturated rings. The Morgan fingerprint density at radius 1 is 1.05 bits per heavy atom. The summed E-state index contributed by atoms with van der Waals surface area (Å²) in [6.45, 7) is 0.833. The largest absolute Gasteiger partial charge is 0.316 e. The lowest BCUT2D eigenvalue weighted by Crippen LogP contribution is -2.09. The Bertz CT molecular complexity index is 796. The number of rotatable bonds is 3. The molecule has 2 aromatic carbocycles. The van der Waals surface area contributed by atoms with Gasteiger partial charge < -0.3 is 5.32 Å². The first-order chi connectivity index (χ1) is 9.79. The fourth-order valence-electron chi connectivity index (χ4n) is 2.32. The third-order valence-electron chi connectivity index (χ3n) is 3.30. The van der Waals surface area contributed by atoms with Crippen LogP contribution in [0.3, 0.4) is 0 Å². The fraction of sp³-hybridized carbons (Fsp3) is 0.125. The molecular formula is C16H16ClN3O. The highest BCUT2D eigenvalue weighted by Gasteiger charge is 2.07. The van der Waals surface area contributed by atoms with E-state index < -0.39 is 0 Å². The van der Waals surface area contributed by atoms with Crippen LogP contribution in [0.4, 0.5) is 0 Å². The number of nitrogens with one attached hydrogen (secondary N) is 2. The Morgan fingerprint density at radius 2 is 1.71 bits per heavy atom. The van der Waals surface area contributed by atoms with Gasteiger partial charge in [-0.15, -0.1) is 12.4 Å². The van der Waals surface area contributed by atoms with Gasteiger partial charge in [0, 0.05) is 17.5 Å². The normalized spacial score (nSPS) is 10.3. The SMILES string of the molecule is CNCc1ccc(-c2n[nH]c(=O)c3ccccc23)cc1.Cl. The number of fused-ring (bicyclic) bond motifs is 1. The standard InChI is InChI=1S/C16H15N3O.ClH/c1-17-10-11-6-8-12(9-7-11)15-13-4-2-3-5-14(13)16(20)19-18-15;/h2-9,17H,10H2,1H3,(H,19,20);1H. The van der Waals surface area contributed by atoms with E-state index in [9.17, 15) is 4.79 Å². The fourth-order valence-corrected chi connectivity index (χ4v) is 2.32. The smallest absolute Gasteiger partial charge is 0.272 e. The number of nitrogens with zero attached hydrogens (tertiary/aromatic N) is 1. The zero-order valence-corrected chi connectivity index (χ0v) is 12.4. The van der Waals surface area contributed by atoms with Crippen molar-refractivity contribution < 1.29 is 0 Å². The van der Waals surface area contributed by atoms with Crippen molar-refractivity contribution >= 4 is 23.2 Å². The molecule has 1 aromatic heterocycles. The number of benzene rings is 2. The minimum absolute atomic E-state index is 0. The number of halogens is 1. The van der Waals surface area contributed by atoms with Gasteiger partial charge in [0.05, 0.1) is 11.1 Å². The summed E-state index contributed by atoms with van der Waals surface area (Å²) in [5.74, 6) is 0. The predicted molar refractivity (Wildman–Crippen MR) is 87.8 cm³/mol. The molecule has 21 heavy (non-hydrogen) atoms. The summed E-state index contributed by atoms with van der Waals surface area (Å²) in [4.78, 5) is 11.8. The van der Waals surface area contributed by atoms with Crippen LogP contribution in [-0.2, 0) is 6.54 Å². The quantitative estimate of drug-likeness (QED) is 0.782. The van der Waals surface area contributed by atoms with Crippen molar-refractivity contribution in [2.24, 2.45) is 0 Å². The molecule has 1 heterocycles. The summed E-state index contributed by atoms with van der Waals surface area (Å²) in [6, 6.07) is 15.7. The van der Waals surface area contributed by atoms with Gasteiger partial charge >= 0.3 is 0 Å². The molecular weight excluding hydrogens is 286 g/mol. The Morgan fingerprint density at radius 3 is 2.38 bits per heavy atom. The second-order valence-corrected chi connectivity index (χ2v) is 4.67. The highest BCUT2D eigenvalue weighted by molar-refractivity contribution is 5.93. The average molecular weight is 302 g/mol. The van der Waals surface area contributed by atoms with Crippen LogP contribution in [0.5, 0.6) is 0 Å². The van der Waals surface area contributed by atoms with Gasteiger partial charge in [-0.25, -0.2) is 5.10 Å². The maximum atomic E-state index is 11.8. The number of hydrogen-bond acceptors (Lipinski definition) is 3. The van der Waals surface area contributed by atoms with Crippen molar-refractivity contribution in [2.45, 2.75) is 6.54 Å². The maximum Gasteiger partial charge on any atom is 0.272 e. The molecule has 0 spiro atoms. The van der Waals surface area contributed by atoms with Gasteiger partial charge in [-0.1, -0.05) is 42.5 Å². The van der Waals surface area contributed by atoms with Crippen LogP contribution in [0.15, 0.2) is 53.3 Å². The van der Waals surface area contributed by atoms with Gasteiger partial charge in [0.15, 0.2) is 0 Å². The molecule has 0 atom stereocenters. The van der Waals surface area contributed by atoms with Crippen molar-refractivity contribution in [3.8, 4) is 11.3 Å². The lowest BCUT2D eigenvalue weighted by Gasteiger charge is -2.06. The molecule has 108 valence electrons. The molecule has 0 aliphatic rings. The van der Waals surface area contributed by atoms with Gasteiger partial charge in [-0.05, 0) is 18.7 Å². The van der Waals surface area contributed by atoms with Crippen LogP contribution >= 0.6 is 12.4 Å². The zero-order chi connectivity index (χ0) is 13.9. The number of aromatic amines is 1. The molecule has 3 aromatic rings. The Labute approximate surface area is 128 Å². The second-order valence-electron chi connectivity index (χ2n) is 4.67. The molecule has 4 nitrogen and oxygen atoms in total. The van der Waals surface area contributed by atoms with Crippen molar-refractivity contribution in [3.63, 3.8) is 0 Å². The van der Waals surface area contributed by atoms with E-state index in [0.717, 1.165) is 23.2 Å². The molecule has 0 unspecified atom stereocenters. The molecule has 0 aliphatic carbocycles. The molecule has 0 aliphatic heterocycles. The van der Waals surface area contributed by atoms with Crippen LogP contribution in [0.2, 0.25) is 0 Å². The van der Waals surface area contributed by atoms with Crippen LogP contribution in [0.25, 0.3) is 22.0 Å². The lowest BCUT2D eigenvalue weighted by atomic mass is 10.0. The third kappa shape index (κ3) is 2.96. The minimum Gasteiger partial charge on any atom is -0.316 e. The Hall–Kier alpha value is -2.17. The summed E-state index contributed by atoms with van der Waals surface area (Å²) in [5, 5.41) is 11.4. The molecule has 0 saturated heterocycles. The first-order valence-electron chi connectivity index (χ1n) is 6.51. The summed E-state index contributed by atoms with van der Waals surface area (Å²) >= 11 is 0. The Kier molecular flexibility index (Phi) is 4.73. The molecule has 3 rings (SSSR count). The Balaban J connectivity index is 0.00000161. The lowest BCUT2D eigenvalue weighted by molar-refractivity contribution is 0.818. The van der Waals surface area contributed by atoms with E-state index in [1.807, 2.05) is 43.4 Å². The summed E-state index contributed by atoms with van der Waals surface area (Å²) in [5.41, 5.74) is 2.86. The first-order valence-corrected chi connectivity index (χ1v) is 6.51. The molecule has 0 saturated carbocycles. The van der Waals surface area contributed by atoms with E-state index in [1.54, 1.807) is 0 Å². The highest BCUT2D eigenvalue weighted by Crippen LogP contribution is 2.24. The molecule has 0 bridgehead atoms. The molecule has 0 radical (unpaired) electrons. The van der Waals surface area contributed by atoms with E-state index in [2.05, 4.69) is 27.6 Å². The van der Waals surface area contributed by atoms with Crippen molar-refractivity contribution in [3.05, 3.63) is 64.4 Å². The number of aromatic nitrogens is 2. The molecule has 5 heteroatoms. The zero-order valence-electron chi connectivity index (χ0n) is 11.6. The summed E-state index contributed by atoms with van der Waals surface area (Å²) in [7, 11) is 1.92. The topological polar surface area (TPSA) is 57.8 Å². The van der Waals surface area contributed by atoms with E-state index in [1.165, 1.54) is 5.56 Å². The minimum atomic E-state index is -0.156. The second kappa shape index (κ2) is 6.52. The van der Waals surface area contributed by atoms with Gasteiger partial charge in [0.25, 0.3) is 5.56 Å². The van der Waals surface area contributed by atoms with Gasteiger partial charge in [0.2, 0.25) is 0 Å². The van der Waals surface area contributed by atoms with Crippen LogP contribution in [-0.4, -0.2) is 17.2 Å². The first kappa shape index (κ1) is 15.2. The van der Waals surface area contributed by atoms with Crippen LogP contribution in [0.1, 0.15) is 5.56 Å². The average Bonchev–Trinajstić information content (AvgIpc) is 2.49. The van der Waals surface area contributed by atoms with E-state index in [4.69, 9.17) is 0 Å². The van der Waals surface area contributed by atoms with Crippen molar-refractivity contribution in [1.29, 1.82) is 0 Å². The van der Waals surface area contributed by atoms with Crippen molar-refractivity contribution in [1.82, 2.24) is 15.5 Å². The molecule has 0 amide bonds. The van der Waals surface area contributed by atoms with Crippen molar-refractivity contribution in [2.75, 3.05) is 7.05 Å². The summed E-state index contributed by atoms with van der Waals surface area (Å²) in [6.07, 6.45) is 0. The van der Waals surface area contributed by atoms with E-state index in [-0.39, 0.29) is 18.0 Å². The van der Waals surface area contributed by atoms with Crippen LogP contribution in [0, 0.1) is 0 Å². The predicted octanol–water partition coefficient (Wildman–Crippen LogP) is 2.73. The van der Waals surface area contributed by atoms with E-state index >= 15 is 0 Å². The monoisotopic (exact) mass is 301 g/mol. The van der Waals surface area contributed by atoms with E-state index in [0.29, 0.717) is 5.39 Å². The highest BCUT2D eigenvalue weighted by atomic mass is 35.5. The van der Waals surface area contributed by atoms with Gasteiger partial charge in [-0.2, -0.15) is 5.10 Å². The molecule has 2 N–H and O–H groups in total. The number of H-pyrrole nitrogens is 1. The third-order valence-corrected chi connectivity index (χ3v) is 3.30. The van der Waals surface area contributed by atoms with Gasteiger partial charge in [0.1, 0.15) is 0 Å².